The van der Waals surface area contributed by atoms with Gasteiger partial charge < -0.3 is 15.4 Å². The second kappa shape index (κ2) is 7.63. The van der Waals surface area contributed by atoms with Gasteiger partial charge in [0.25, 0.3) is 0 Å². The first-order chi connectivity index (χ1) is 10.5. The van der Waals surface area contributed by atoms with Crippen LogP contribution in [-0.2, 0) is 10.2 Å². The van der Waals surface area contributed by atoms with Crippen molar-refractivity contribution in [3.63, 3.8) is 0 Å². The molecule has 1 aromatic rings. The van der Waals surface area contributed by atoms with Crippen LogP contribution in [0.15, 0.2) is 24.3 Å². The molecule has 4 heteroatoms. The Morgan fingerprint density at radius 1 is 1.36 bits per heavy atom. The van der Waals surface area contributed by atoms with Crippen LogP contribution in [0, 0.1) is 5.92 Å². The lowest BCUT2D eigenvalue weighted by molar-refractivity contribution is -0.121. The third-order valence-electron chi connectivity index (χ3n) is 4.54. The van der Waals surface area contributed by atoms with E-state index in [1.54, 1.807) is 7.11 Å². The van der Waals surface area contributed by atoms with E-state index >= 15 is 0 Å². The van der Waals surface area contributed by atoms with Gasteiger partial charge in [0.15, 0.2) is 0 Å². The largest absolute Gasteiger partial charge is 0.497 e. The second-order valence-electron chi connectivity index (χ2n) is 6.79. The topological polar surface area (TPSA) is 50.4 Å². The van der Waals surface area contributed by atoms with Crippen LogP contribution in [0.3, 0.4) is 0 Å². The van der Waals surface area contributed by atoms with Crippen LogP contribution < -0.4 is 15.4 Å². The summed E-state index contributed by atoms with van der Waals surface area (Å²) in [6.07, 6.45) is 2.82. The highest BCUT2D eigenvalue weighted by atomic mass is 16.5. The summed E-state index contributed by atoms with van der Waals surface area (Å²) in [4.78, 5) is 12.0. The van der Waals surface area contributed by atoms with Crippen molar-refractivity contribution in [1.82, 2.24) is 10.6 Å². The molecular formula is C18H28N2O2. The normalized spacial score (nSPS) is 18.2. The van der Waals surface area contributed by atoms with Gasteiger partial charge in [-0.25, -0.2) is 0 Å². The van der Waals surface area contributed by atoms with E-state index in [1.807, 2.05) is 12.1 Å². The Labute approximate surface area is 133 Å². The maximum Gasteiger partial charge on any atom is 0.220 e. The maximum atomic E-state index is 12.0. The van der Waals surface area contributed by atoms with Crippen molar-refractivity contribution in [2.24, 2.45) is 5.92 Å². The summed E-state index contributed by atoms with van der Waals surface area (Å²) in [6, 6.07) is 8.06. The number of benzene rings is 1. The van der Waals surface area contributed by atoms with Crippen molar-refractivity contribution in [1.29, 1.82) is 0 Å². The maximum absolute atomic E-state index is 12.0. The van der Waals surface area contributed by atoms with Gasteiger partial charge in [-0.2, -0.15) is 0 Å². The molecule has 1 unspecified atom stereocenters. The molecule has 1 saturated heterocycles. The SMILES string of the molecule is COc1ccc(C(C)(C)CNC(=O)CCC2CCNC2)cc1. The van der Waals surface area contributed by atoms with Crippen LogP contribution in [0.25, 0.3) is 0 Å². The number of carbonyl (C=O) groups excluding carboxylic acids is 1. The smallest absolute Gasteiger partial charge is 0.220 e. The number of ether oxygens (including phenoxy) is 1. The van der Waals surface area contributed by atoms with Crippen LogP contribution in [0.2, 0.25) is 0 Å². The molecule has 0 bridgehead atoms. The molecule has 122 valence electrons. The highest BCUT2D eigenvalue weighted by Gasteiger charge is 2.22. The zero-order chi connectivity index (χ0) is 16.0. The number of hydrogen-bond acceptors (Lipinski definition) is 3. The van der Waals surface area contributed by atoms with Gasteiger partial charge in [0.2, 0.25) is 5.91 Å². The van der Waals surface area contributed by atoms with Gasteiger partial charge in [-0.05, 0) is 49.5 Å². The van der Waals surface area contributed by atoms with E-state index in [9.17, 15) is 4.79 Å². The lowest BCUT2D eigenvalue weighted by Crippen LogP contribution is -2.36. The predicted molar refractivity (Wildman–Crippen MR) is 89.2 cm³/mol. The highest BCUT2D eigenvalue weighted by Crippen LogP contribution is 2.24. The van der Waals surface area contributed by atoms with Crippen molar-refractivity contribution >= 4 is 5.91 Å². The van der Waals surface area contributed by atoms with Gasteiger partial charge in [-0.3, -0.25) is 4.79 Å². The van der Waals surface area contributed by atoms with Gasteiger partial charge in [-0.1, -0.05) is 26.0 Å². The molecule has 1 aromatic carbocycles. The summed E-state index contributed by atoms with van der Waals surface area (Å²) in [7, 11) is 1.67. The summed E-state index contributed by atoms with van der Waals surface area (Å²) in [5.74, 6) is 1.68. The highest BCUT2D eigenvalue weighted by molar-refractivity contribution is 5.76. The van der Waals surface area contributed by atoms with Crippen LogP contribution >= 0.6 is 0 Å². The van der Waals surface area contributed by atoms with Gasteiger partial charge in [0.05, 0.1) is 7.11 Å². The van der Waals surface area contributed by atoms with Crippen LogP contribution in [0.1, 0.15) is 38.7 Å². The fourth-order valence-corrected chi connectivity index (χ4v) is 2.85. The third-order valence-corrected chi connectivity index (χ3v) is 4.54. The molecule has 0 aliphatic carbocycles. The minimum absolute atomic E-state index is 0.0865. The molecule has 2 N–H and O–H groups in total. The summed E-state index contributed by atoms with van der Waals surface area (Å²) in [6.45, 7) is 7.11. The molecule has 1 amide bonds. The van der Waals surface area contributed by atoms with Crippen LogP contribution in [0.4, 0.5) is 0 Å². The molecule has 1 aliphatic rings. The molecule has 0 aromatic heterocycles. The lowest BCUT2D eigenvalue weighted by atomic mass is 9.84. The number of amides is 1. The van der Waals surface area contributed by atoms with Crippen molar-refractivity contribution in [2.75, 3.05) is 26.7 Å². The number of nitrogens with one attached hydrogen (secondary N) is 2. The van der Waals surface area contributed by atoms with E-state index in [4.69, 9.17) is 4.74 Å². The van der Waals surface area contributed by atoms with Gasteiger partial charge in [0.1, 0.15) is 5.75 Å². The number of hydrogen-bond donors (Lipinski definition) is 2. The monoisotopic (exact) mass is 304 g/mol. The molecular weight excluding hydrogens is 276 g/mol. The predicted octanol–water partition coefficient (Wildman–Crippen LogP) is 2.48. The molecule has 1 aliphatic heterocycles. The van der Waals surface area contributed by atoms with E-state index in [2.05, 4.69) is 36.6 Å². The average molecular weight is 304 g/mol. The zero-order valence-electron chi connectivity index (χ0n) is 13.9. The number of carbonyl (C=O) groups is 1. The Hall–Kier alpha value is -1.55. The zero-order valence-corrected chi connectivity index (χ0v) is 13.9. The van der Waals surface area contributed by atoms with Crippen molar-refractivity contribution in [2.45, 2.75) is 38.5 Å². The molecule has 0 spiro atoms. The first-order valence-corrected chi connectivity index (χ1v) is 8.13. The van der Waals surface area contributed by atoms with Gasteiger partial charge >= 0.3 is 0 Å². The van der Waals surface area contributed by atoms with Gasteiger partial charge in [-0.15, -0.1) is 0 Å². The molecule has 4 nitrogen and oxygen atoms in total. The number of rotatable bonds is 7. The fraction of sp³-hybridized carbons (Fsp3) is 0.611. The number of methoxy groups -OCH3 is 1. The molecule has 1 atom stereocenters. The second-order valence-corrected chi connectivity index (χ2v) is 6.79. The molecule has 2 rings (SSSR count). The van der Waals surface area contributed by atoms with E-state index < -0.39 is 0 Å². The van der Waals surface area contributed by atoms with Crippen LogP contribution in [0.5, 0.6) is 5.75 Å². The Kier molecular flexibility index (Phi) is 5.83. The molecule has 0 saturated carbocycles. The van der Waals surface area contributed by atoms with E-state index in [1.165, 1.54) is 12.0 Å². The first kappa shape index (κ1) is 16.8. The average Bonchev–Trinajstić information content (AvgIpc) is 3.04. The lowest BCUT2D eigenvalue weighted by Gasteiger charge is -2.26. The van der Waals surface area contributed by atoms with Crippen LogP contribution in [-0.4, -0.2) is 32.7 Å². The summed E-state index contributed by atoms with van der Waals surface area (Å²) in [5, 5.41) is 6.42. The summed E-state index contributed by atoms with van der Waals surface area (Å²) in [5.41, 5.74) is 1.12. The minimum atomic E-state index is -0.0865. The Morgan fingerprint density at radius 3 is 2.68 bits per heavy atom. The summed E-state index contributed by atoms with van der Waals surface area (Å²) < 4.78 is 5.19. The molecule has 1 fully saturated rings. The van der Waals surface area contributed by atoms with Crippen molar-refractivity contribution in [3.05, 3.63) is 29.8 Å². The van der Waals surface area contributed by atoms with E-state index in [0.717, 1.165) is 25.3 Å². The van der Waals surface area contributed by atoms with E-state index in [0.29, 0.717) is 18.9 Å². The van der Waals surface area contributed by atoms with Crippen molar-refractivity contribution < 1.29 is 9.53 Å². The minimum Gasteiger partial charge on any atom is -0.497 e. The Morgan fingerprint density at radius 2 is 2.09 bits per heavy atom. The molecule has 22 heavy (non-hydrogen) atoms. The Bertz CT molecular complexity index is 476. The van der Waals surface area contributed by atoms with E-state index in [-0.39, 0.29) is 11.3 Å². The van der Waals surface area contributed by atoms with Gasteiger partial charge in [0, 0.05) is 18.4 Å². The summed E-state index contributed by atoms with van der Waals surface area (Å²) >= 11 is 0. The molecule has 1 heterocycles. The quantitative estimate of drug-likeness (QED) is 0.813. The van der Waals surface area contributed by atoms with Crippen molar-refractivity contribution in [3.8, 4) is 5.75 Å². The fourth-order valence-electron chi connectivity index (χ4n) is 2.85. The Balaban J connectivity index is 1.78. The third kappa shape index (κ3) is 4.73. The first-order valence-electron chi connectivity index (χ1n) is 8.13. The standard InChI is InChI=1S/C18H28N2O2/c1-18(2,15-5-7-16(22-3)8-6-15)13-20-17(21)9-4-14-10-11-19-12-14/h5-8,14,19H,4,9-13H2,1-3H3,(H,20,21). The molecule has 0 radical (unpaired) electrons.